The van der Waals surface area contributed by atoms with Crippen LogP contribution in [0.25, 0.3) is 0 Å². The predicted molar refractivity (Wildman–Crippen MR) is 106 cm³/mol. The van der Waals surface area contributed by atoms with Gasteiger partial charge in [-0.2, -0.15) is 8.42 Å². The zero-order chi connectivity index (χ0) is 19.6. The van der Waals surface area contributed by atoms with E-state index in [1.807, 2.05) is 13.8 Å². The molecule has 7 nitrogen and oxygen atoms in total. The van der Waals surface area contributed by atoms with E-state index >= 15 is 0 Å². The molecule has 8 heteroatoms. The van der Waals surface area contributed by atoms with Crippen molar-refractivity contribution in [3.63, 3.8) is 0 Å². The highest BCUT2D eigenvalue weighted by Crippen LogP contribution is 2.27. The minimum atomic E-state index is -3.29. The number of aliphatic hydroxyl groups excluding tert-OH is 1. The molecular weight excluding hydrogens is 358 g/mol. The Labute approximate surface area is 161 Å². The average molecular weight is 400 g/mol. The summed E-state index contributed by atoms with van der Waals surface area (Å²) in [5.74, 6) is 0. The maximum absolute atomic E-state index is 10.6. The Kier molecular flexibility index (Phi) is 14.0. The zero-order valence-corrected chi connectivity index (χ0v) is 17.5. The highest BCUT2D eigenvalue weighted by atomic mass is 32.2. The fourth-order valence-electron chi connectivity index (χ4n) is 2.00. The van der Waals surface area contributed by atoms with Crippen LogP contribution in [0.1, 0.15) is 42.0 Å². The first kappa shape index (κ1) is 28.0. The minimum absolute atomic E-state index is 0. The van der Waals surface area contributed by atoms with E-state index in [9.17, 15) is 8.42 Å². The van der Waals surface area contributed by atoms with Crippen molar-refractivity contribution < 1.29 is 27.2 Å². The second-order valence-electron chi connectivity index (χ2n) is 7.35. The lowest BCUT2D eigenvalue weighted by atomic mass is 9.90. The van der Waals surface area contributed by atoms with Crippen molar-refractivity contribution in [2.24, 2.45) is 10.8 Å². The lowest BCUT2D eigenvalue weighted by Crippen LogP contribution is -2.43. The second-order valence-corrected chi connectivity index (χ2v) is 8.99. The molecule has 2 aliphatic heterocycles. The van der Waals surface area contributed by atoms with E-state index in [1.54, 1.807) is 0 Å². The third-order valence-electron chi connectivity index (χ3n) is 4.15. The molecule has 0 bridgehead atoms. The smallest absolute Gasteiger partial charge is 0.264 e. The van der Waals surface area contributed by atoms with Crippen LogP contribution in [-0.2, 0) is 23.8 Å². The summed E-state index contributed by atoms with van der Waals surface area (Å²) in [6.45, 7) is 17.2. The van der Waals surface area contributed by atoms with Crippen molar-refractivity contribution in [2.75, 3.05) is 65.5 Å². The second kappa shape index (κ2) is 13.0. The molecule has 160 valence electrons. The van der Waals surface area contributed by atoms with Crippen LogP contribution in [0.15, 0.2) is 0 Å². The van der Waals surface area contributed by atoms with E-state index in [2.05, 4.69) is 29.9 Å². The molecule has 26 heavy (non-hydrogen) atoms. The van der Waals surface area contributed by atoms with Gasteiger partial charge in [-0.1, -0.05) is 42.0 Å². The van der Waals surface area contributed by atoms with Crippen molar-refractivity contribution in [1.29, 1.82) is 0 Å². The molecule has 1 N–H and O–H groups in total. The summed E-state index contributed by atoms with van der Waals surface area (Å²) in [6.07, 6.45) is 1.05. The summed E-state index contributed by atoms with van der Waals surface area (Å²) < 4.78 is 35.5. The van der Waals surface area contributed by atoms with Crippen LogP contribution in [0.4, 0.5) is 0 Å². The Balaban J connectivity index is 0. The summed E-state index contributed by atoms with van der Waals surface area (Å²) in [5, 5.41) is 8.57. The maximum Gasteiger partial charge on any atom is 0.264 e. The number of nitrogens with zero attached hydrogens (tertiary/aromatic N) is 1. The van der Waals surface area contributed by atoms with Crippen LogP contribution in [0.3, 0.4) is 0 Å². The molecule has 0 amide bonds. The first-order chi connectivity index (χ1) is 11.5. The van der Waals surface area contributed by atoms with E-state index in [1.165, 1.54) is 19.6 Å². The van der Waals surface area contributed by atoms with Gasteiger partial charge in [0.15, 0.2) is 0 Å². The third kappa shape index (κ3) is 12.2. The predicted octanol–water partition coefficient (Wildman–Crippen LogP) is 2.00. The van der Waals surface area contributed by atoms with Gasteiger partial charge in [-0.25, -0.2) is 0 Å². The number of aliphatic hydroxyl groups is 1. The van der Waals surface area contributed by atoms with Gasteiger partial charge in [0.25, 0.3) is 10.1 Å². The van der Waals surface area contributed by atoms with Gasteiger partial charge in [0.1, 0.15) is 0 Å². The molecule has 2 aliphatic rings. The fraction of sp³-hybridized carbons (Fsp3) is 1.00. The highest BCUT2D eigenvalue weighted by molar-refractivity contribution is 7.85. The van der Waals surface area contributed by atoms with Crippen molar-refractivity contribution in [2.45, 2.75) is 42.0 Å². The van der Waals surface area contributed by atoms with Gasteiger partial charge in [-0.3, -0.25) is 4.18 Å². The summed E-state index contributed by atoms with van der Waals surface area (Å²) in [6, 6.07) is 0. The van der Waals surface area contributed by atoms with Crippen molar-refractivity contribution in [3.05, 3.63) is 0 Å². The Hall–Kier alpha value is -0.250. The molecule has 2 saturated heterocycles. The minimum Gasteiger partial charge on any atom is -0.396 e. The first-order valence-corrected chi connectivity index (χ1v) is 10.7. The molecule has 0 spiro atoms. The molecule has 0 atom stereocenters. The Bertz CT molecular complexity index is 432. The van der Waals surface area contributed by atoms with E-state index in [-0.39, 0.29) is 31.5 Å². The van der Waals surface area contributed by atoms with Crippen LogP contribution in [0, 0.1) is 10.8 Å². The third-order valence-corrected chi connectivity index (χ3v) is 4.69. The van der Waals surface area contributed by atoms with Crippen LogP contribution in [-0.4, -0.2) is 84.0 Å². The SMILES string of the molecule is C.CC1(CO)COC1.CC1(COS(C)(=O)=O)COC1.CCN(CC)CC. The molecule has 2 rings (SSSR count). The zero-order valence-electron chi connectivity index (χ0n) is 16.7. The summed E-state index contributed by atoms with van der Waals surface area (Å²) in [5.41, 5.74) is 0.00306. The maximum atomic E-state index is 10.6. The quantitative estimate of drug-likeness (QED) is 0.655. The van der Waals surface area contributed by atoms with Gasteiger partial charge in [0, 0.05) is 10.8 Å². The molecule has 0 aromatic heterocycles. The topological polar surface area (TPSA) is 85.3 Å². The lowest BCUT2D eigenvalue weighted by molar-refractivity contribution is -0.125. The van der Waals surface area contributed by atoms with Gasteiger partial charge in [0.05, 0.1) is 45.9 Å². The van der Waals surface area contributed by atoms with Gasteiger partial charge >= 0.3 is 0 Å². The van der Waals surface area contributed by atoms with Crippen molar-refractivity contribution in [3.8, 4) is 0 Å². The monoisotopic (exact) mass is 399 g/mol. The highest BCUT2D eigenvalue weighted by Gasteiger charge is 2.34. The molecule has 0 saturated carbocycles. The van der Waals surface area contributed by atoms with Crippen LogP contribution >= 0.6 is 0 Å². The molecule has 0 unspecified atom stereocenters. The van der Waals surface area contributed by atoms with Crippen molar-refractivity contribution in [1.82, 2.24) is 4.90 Å². The molecule has 0 aromatic carbocycles. The van der Waals surface area contributed by atoms with E-state index < -0.39 is 10.1 Å². The molecular formula is C18H41NO6S. The Morgan fingerprint density at radius 2 is 1.35 bits per heavy atom. The number of hydrogen-bond donors (Lipinski definition) is 1. The van der Waals surface area contributed by atoms with Crippen molar-refractivity contribution >= 4 is 10.1 Å². The number of ether oxygens (including phenoxy) is 2. The standard InChI is InChI=1S/C6H15N.C6H12O4S.C5H10O2.CH4/c1-4-7(5-2)6-3;1-6(3-9-4-6)5-10-11(2,7)8;1-5(2-6)3-7-4-5;/h4-6H2,1-3H3;3-5H2,1-2H3;6H,2-4H2,1H3;1H4. The molecule has 0 aliphatic carbocycles. The van der Waals surface area contributed by atoms with Gasteiger partial charge in [-0.05, 0) is 19.6 Å². The van der Waals surface area contributed by atoms with Gasteiger partial charge < -0.3 is 19.5 Å². The molecule has 0 radical (unpaired) electrons. The first-order valence-electron chi connectivity index (χ1n) is 8.86. The normalized spacial score (nSPS) is 19.5. The van der Waals surface area contributed by atoms with Crippen LogP contribution in [0.2, 0.25) is 0 Å². The largest absolute Gasteiger partial charge is 0.396 e. The number of hydrogen-bond acceptors (Lipinski definition) is 7. The van der Waals surface area contributed by atoms with E-state index in [0.717, 1.165) is 19.5 Å². The van der Waals surface area contributed by atoms with E-state index in [4.69, 9.17) is 14.6 Å². The Morgan fingerprint density at radius 1 is 0.962 bits per heavy atom. The van der Waals surface area contributed by atoms with Gasteiger partial charge in [0.2, 0.25) is 0 Å². The molecule has 2 heterocycles. The summed E-state index contributed by atoms with van der Waals surface area (Å²) in [7, 11) is -3.29. The Morgan fingerprint density at radius 3 is 1.46 bits per heavy atom. The molecule has 0 aromatic rings. The van der Waals surface area contributed by atoms with Crippen LogP contribution < -0.4 is 0 Å². The number of rotatable bonds is 7. The fourth-order valence-corrected chi connectivity index (χ4v) is 2.49. The van der Waals surface area contributed by atoms with Gasteiger partial charge in [-0.15, -0.1) is 0 Å². The summed E-state index contributed by atoms with van der Waals surface area (Å²) >= 11 is 0. The lowest BCUT2D eigenvalue weighted by Gasteiger charge is -2.36. The molecule has 2 fully saturated rings. The summed E-state index contributed by atoms with van der Waals surface area (Å²) in [4.78, 5) is 2.38. The average Bonchev–Trinajstić information content (AvgIpc) is 2.51. The van der Waals surface area contributed by atoms with E-state index in [0.29, 0.717) is 13.2 Å². The van der Waals surface area contributed by atoms with Crippen LogP contribution in [0.5, 0.6) is 0 Å².